The van der Waals surface area contributed by atoms with Gasteiger partial charge in [0.25, 0.3) is 0 Å². The van der Waals surface area contributed by atoms with E-state index in [1.807, 2.05) is 26.0 Å². The quantitative estimate of drug-likeness (QED) is 0.637. The van der Waals surface area contributed by atoms with Crippen molar-refractivity contribution >= 4 is 0 Å². The maximum Gasteiger partial charge on any atom is 0.0265 e. The highest BCUT2D eigenvalue weighted by Crippen LogP contribution is 2.16. The van der Waals surface area contributed by atoms with Crippen molar-refractivity contribution in [3.63, 3.8) is 0 Å². The lowest BCUT2D eigenvalue weighted by Crippen LogP contribution is -2.19. The number of rotatable bonds is 4. The normalized spacial score (nSPS) is 16.0. The fourth-order valence-electron chi connectivity index (χ4n) is 1.30. The van der Waals surface area contributed by atoms with Gasteiger partial charge in [-0.25, -0.2) is 0 Å². The molecule has 12 heavy (non-hydrogen) atoms. The second-order valence-electron chi connectivity index (χ2n) is 2.81. The topological polar surface area (TPSA) is 26.0 Å². The van der Waals surface area contributed by atoms with Gasteiger partial charge in [-0.05, 0) is 31.4 Å². The molecule has 1 unspecified atom stereocenters. The maximum absolute atomic E-state index is 5.81. The Labute approximate surface area is 75.7 Å². The summed E-state index contributed by atoms with van der Waals surface area (Å²) in [5.41, 5.74) is 8.31. The van der Waals surface area contributed by atoms with Crippen LogP contribution in [0.25, 0.3) is 0 Å². The van der Waals surface area contributed by atoms with E-state index in [4.69, 9.17) is 5.73 Å². The lowest BCUT2D eigenvalue weighted by molar-refractivity contribution is 0.849. The Morgan fingerprint density at radius 3 is 2.42 bits per heavy atom. The van der Waals surface area contributed by atoms with Crippen LogP contribution < -0.4 is 5.73 Å². The van der Waals surface area contributed by atoms with E-state index in [0.717, 1.165) is 6.42 Å². The van der Waals surface area contributed by atoms with Gasteiger partial charge in [-0.2, -0.15) is 0 Å². The zero-order valence-corrected chi connectivity index (χ0v) is 8.30. The molecule has 0 fully saturated rings. The average Bonchev–Trinajstić information content (AvgIpc) is 2.03. The Bertz CT molecular complexity index is 197. The van der Waals surface area contributed by atoms with Crippen molar-refractivity contribution in [2.75, 3.05) is 0 Å². The smallest absolute Gasteiger partial charge is 0.0265 e. The minimum Gasteiger partial charge on any atom is -0.324 e. The molecule has 1 atom stereocenters. The van der Waals surface area contributed by atoms with E-state index < -0.39 is 0 Å². The third-order valence-corrected chi connectivity index (χ3v) is 1.87. The summed E-state index contributed by atoms with van der Waals surface area (Å²) in [7, 11) is 0. The van der Waals surface area contributed by atoms with E-state index in [2.05, 4.69) is 19.6 Å². The fourth-order valence-corrected chi connectivity index (χ4v) is 1.30. The largest absolute Gasteiger partial charge is 0.324 e. The molecule has 0 aromatic rings. The van der Waals surface area contributed by atoms with Crippen LogP contribution in [0.4, 0.5) is 0 Å². The summed E-state index contributed by atoms with van der Waals surface area (Å²) < 4.78 is 0. The van der Waals surface area contributed by atoms with E-state index in [-0.39, 0.29) is 6.04 Å². The molecule has 0 bridgehead atoms. The lowest BCUT2D eigenvalue weighted by Gasteiger charge is -2.13. The highest BCUT2D eigenvalue weighted by Gasteiger charge is 2.05. The van der Waals surface area contributed by atoms with Gasteiger partial charge in [0.15, 0.2) is 0 Å². The highest BCUT2D eigenvalue weighted by molar-refractivity contribution is 5.35. The van der Waals surface area contributed by atoms with E-state index in [9.17, 15) is 0 Å². The van der Waals surface area contributed by atoms with Crippen molar-refractivity contribution in [1.29, 1.82) is 0 Å². The summed E-state index contributed by atoms with van der Waals surface area (Å²) in [5, 5.41) is 0. The van der Waals surface area contributed by atoms with Crippen LogP contribution in [0.3, 0.4) is 0 Å². The fraction of sp³-hybridized carbons (Fsp3) is 0.455. The van der Waals surface area contributed by atoms with Crippen LogP contribution in [0.5, 0.6) is 0 Å². The maximum atomic E-state index is 5.81. The average molecular weight is 165 g/mol. The first kappa shape index (κ1) is 11.2. The zero-order valence-electron chi connectivity index (χ0n) is 8.30. The predicted octanol–water partition coefficient (Wildman–Crippen LogP) is 2.80. The van der Waals surface area contributed by atoms with Crippen molar-refractivity contribution in [3.05, 3.63) is 36.0 Å². The summed E-state index contributed by atoms with van der Waals surface area (Å²) in [6.45, 7) is 9.83. The van der Waals surface area contributed by atoms with E-state index in [1.54, 1.807) is 0 Å². The molecule has 0 aliphatic heterocycles. The van der Waals surface area contributed by atoms with Gasteiger partial charge in [0.05, 0.1) is 0 Å². The molecule has 0 spiro atoms. The Kier molecular flexibility index (Phi) is 5.39. The minimum atomic E-state index is 0.112. The van der Waals surface area contributed by atoms with Crippen LogP contribution in [-0.4, -0.2) is 6.04 Å². The molecule has 0 rings (SSSR count). The van der Waals surface area contributed by atoms with E-state index in [0.29, 0.717) is 0 Å². The Hall–Kier alpha value is -0.820. The standard InChI is InChI=1S/C11H19N/c1-5-8-10(6-2)11(7-3)9(4)12/h5,7-9H,1,6,12H2,2-4H3/b10-8-,11-7-. The number of hydrogen-bond acceptors (Lipinski definition) is 1. The molecular weight excluding hydrogens is 146 g/mol. The van der Waals surface area contributed by atoms with E-state index >= 15 is 0 Å². The van der Waals surface area contributed by atoms with Crippen LogP contribution in [-0.2, 0) is 0 Å². The number of allylic oxidation sites excluding steroid dienone is 3. The second-order valence-corrected chi connectivity index (χ2v) is 2.81. The van der Waals surface area contributed by atoms with Crippen molar-refractivity contribution in [2.45, 2.75) is 33.2 Å². The molecule has 68 valence electrons. The Balaban J connectivity index is 4.69. The van der Waals surface area contributed by atoms with Crippen molar-refractivity contribution < 1.29 is 0 Å². The molecule has 2 N–H and O–H groups in total. The highest BCUT2D eigenvalue weighted by atomic mass is 14.6. The SMILES string of the molecule is C=C/C=C(CC)\C(=C/C)C(C)N. The molecule has 0 radical (unpaired) electrons. The molecule has 0 heterocycles. The molecule has 0 aromatic heterocycles. The monoisotopic (exact) mass is 165 g/mol. The van der Waals surface area contributed by atoms with Crippen LogP contribution in [0, 0.1) is 0 Å². The Morgan fingerprint density at radius 1 is 1.58 bits per heavy atom. The van der Waals surface area contributed by atoms with Gasteiger partial charge in [0, 0.05) is 6.04 Å². The number of nitrogens with two attached hydrogens (primary N) is 1. The van der Waals surface area contributed by atoms with Crippen LogP contribution in [0.1, 0.15) is 27.2 Å². The first-order chi connectivity index (χ1) is 5.67. The predicted molar refractivity (Wildman–Crippen MR) is 56.0 cm³/mol. The molecule has 0 saturated carbocycles. The summed E-state index contributed by atoms with van der Waals surface area (Å²) in [6, 6.07) is 0.112. The molecule has 0 saturated heterocycles. The van der Waals surface area contributed by atoms with Gasteiger partial charge in [0.1, 0.15) is 0 Å². The van der Waals surface area contributed by atoms with E-state index in [1.165, 1.54) is 11.1 Å². The van der Waals surface area contributed by atoms with Gasteiger partial charge in [-0.3, -0.25) is 0 Å². The molecule has 1 nitrogen and oxygen atoms in total. The van der Waals surface area contributed by atoms with Crippen LogP contribution >= 0.6 is 0 Å². The van der Waals surface area contributed by atoms with Crippen molar-refractivity contribution in [2.24, 2.45) is 5.73 Å². The second kappa shape index (κ2) is 5.78. The van der Waals surface area contributed by atoms with Crippen LogP contribution in [0.15, 0.2) is 36.0 Å². The summed E-state index contributed by atoms with van der Waals surface area (Å²) in [4.78, 5) is 0. The molecule has 0 aromatic carbocycles. The first-order valence-electron chi connectivity index (χ1n) is 4.41. The molecule has 0 aliphatic carbocycles. The molecule has 0 aliphatic rings. The first-order valence-corrected chi connectivity index (χ1v) is 4.41. The number of hydrogen-bond donors (Lipinski definition) is 1. The summed E-state index contributed by atoms with van der Waals surface area (Å²) >= 11 is 0. The van der Waals surface area contributed by atoms with Gasteiger partial charge < -0.3 is 5.73 Å². The molecular formula is C11H19N. The van der Waals surface area contributed by atoms with Gasteiger partial charge in [0.2, 0.25) is 0 Å². The van der Waals surface area contributed by atoms with Crippen molar-refractivity contribution in [3.8, 4) is 0 Å². The minimum absolute atomic E-state index is 0.112. The third-order valence-electron chi connectivity index (χ3n) is 1.87. The van der Waals surface area contributed by atoms with Gasteiger partial charge in [-0.1, -0.05) is 31.7 Å². The van der Waals surface area contributed by atoms with Crippen molar-refractivity contribution in [1.82, 2.24) is 0 Å². The lowest BCUT2D eigenvalue weighted by atomic mass is 9.97. The molecule has 0 amide bonds. The summed E-state index contributed by atoms with van der Waals surface area (Å²) in [5.74, 6) is 0. The van der Waals surface area contributed by atoms with Crippen LogP contribution in [0.2, 0.25) is 0 Å². The zero-order chi connectivity index (χ0) is 9.56. The molecule has 1 heteroatoms. The third kappa shape index (κ3) is 3.05. The Morgan fingerprint density at radius 2 is 2.17 bits per heavy atom. The summed E-state index contributed by atoms with van der Waals surface area (Å²) in [6.07, 6.45) is 6.92. The van der Waals surface area contributed by atoms with Gasteiger partial charge in [-0.15, -0.1) is 0 Å². The van der Waals surface area contributed by atoms with Gasteiger partial charge >= 0.3 is 0 Å².